The highest BCUT2D eigenvalue weighted by Crippen LogP contribution is 2.44. The summed E-state index contributed by atoms with van der Waals surface area (Å²) in [5.41, 5.74) is 11.3. The number of nitrogens with zero attached hydrogens (tertiary/aromatic N) is 1. The number of hydrogen-bond donors (Lipinski definition) is 0. The smallest absolute Gasteiger partial charge is 0.200 e. The Hall–Kier alpha value is -6.39. The summed E-state index contributed by atoms with van der Waals surface area (Å²) in [4.78, 5) is 13.1. The van der Waals surface area contributed by atoms with Gasteiger partial charge in [0.25, 0.3) is 0 Å². The van der Waals surface area contributed by atoms with Crippen LogP contribution in [-0.2, 0) is 0 Å². The van der Waals surface area contributed by atoms with Crippen molar-refractivity contribution in [1.29, 1.82) is 0 Å². The van der Waals surface area contributed by atoms with Crippen molar-refractivity contribution in [1.82, 2.24) is 4.40 Å². The van der Waals surface area contributed by atoms with Gasteiger partial charge in [0.2, 0.25) is 5.43 Å². The second kappa shape index (κ2) is 10.1. The molecule has 0 unspecified atom stereocenters. The van der Waals surface area contributed by atoms with E-state index in [2.05, 4.69) is 108 Å². The Kier molecular flexibility index (Phi) is 5.61. The van der Waals surface area contributed by atoms with E-state index in [4.69, 9.17) is 9.15 Å². The largest absolute Gasteiger partial charge is 0.497 e. The van der Waals surface area contributed by atoms with E-state index in [-0.39, 0.29) is 5.43 Å². The van der Waals surface area contributed by atoms with Crippen LogP contribution in [0.2, 0.25) is 0 Å². The minimum atomic E-state index is -0.00911. The van der Waals surface area contributed by atoms with E-state index >= 15 is 0 Å². The normalized spacial score (nSPS) is 11.9. The van der Waals surface area contributed by atoms with Gasteiger partial charge in [-0.05, 0) is 81.9 Å². The van der Waals surface area contributed by atoms with E-state index in [0.717, 1.165) is 44.6 Å². The summed E-state index contributed by atoms with van der Waals surface area (Å²) < 4.78 is 14.5. The molecule has 0 aliphatic heterocycles. The van der Waals surface area contributed by atoms with Gasteiger partial charge in [-0.3, -0.25) is 4.79 Å². The standard InChI is InChI=1S/C44H27NO3/c1-47-31-24-37(42-36-16-8-15-33-32-13-2-4-17-38(32)45(43(33)36)39(42)25-31)30-12-7-11-28(22-30)26-9-6-10-27(21-26)29-19-20-35-41(23-29)48-40-18-5-3-14-34(40)44(35)46/h2-25H,1H3. The zero-order valence-corrected chi connectivity index (χ0v) is 26.0. The Morgan fingerprint density at radius 2 is 1.12 bits per heavy atom. The van der Waals surface area contributed by atoms with Crippen molar-refractivity contribution in [3.05, 3.63) is 156 Å². The maximum atomic E-state index is 13.1. The molecule has 7 aromatic carbocycles. The molecule has 3 heterocycles. The van der Waals surface area contributed by atoms with Crippen LogP contribution in [0.3, 0.4) is 0 Å². The SMILES string of the molecule is COc1cc(-c2cccc(-c3cccc(-c4ccc5c(=O)c6ccccc6oc5c4)c3)c2)c2c3cccc4c5ccccc5n(c2c1)c43. The van der Waals surface area contributed by atoms with Crippen LogP contribution in [0.5, 0.6) is 5.75 Å². The fourth-order valence-corrected chi connectivity index (χ4v) is 7.60. The summed E-state index contributed by atoms with van der Waals surface area (Å²) in [6, 6.07) is 50.1. The van der Waals surface area contributed by atoms with Gasteiger partial charge >= 0.3 is 0 Å². The lowest BCUT2D eigenvalue weighted by Gasteiger charge is -2.12. The van der Waals surface area contributed by atoms with Gasteiger partial charge in [-0.2, -0.15) is 0 Å². The monoisotopic (exact) mass is 617 g/mol. The van der Waals surface area contributed by atoms with Gasteiger partial charge in [-0.15, -0.1) is 0 Å². The average molecular weight is 618 g/mol. The molecule has 0 spiro atoms. The van der Waals surface area contributed by atoms with Crippen LogP contribution in [0.1, 0.15) is 0 Å². The highest BCUT2D eigenvalue weighted by Gasteiger charge is 2.21. The number of hydrogen-bond acceptors (Lipinski definition) is 3. The molecule has 0 aliphatic rings. The molecule has 0 N–H and O–H groups in total. The van der Waals surface area contributed by atoms with Crippen LogP contribution in [0.15, 0.2) is 155 Å². The van der Waals surface area contributed by atoms with E-state index < -0.39 is 0 Å². The molecule has 0 saturated carbocycles. The predicted octanol–water partition coefficient (Wildman–Crippen LogP) is 11.1. The van der Waals surface area contributed by atoms with Crippen molar-refractivity contribution in [2.45, 2.75) is 0 Å². The molecule has 0 saturated heterocycles. The third-order valence-corrected chi connectivity index (χ3v) is 9.81. The average Bonchev–Trinajstić information content (AvgIpc) is 3.67. The molecule has 10 aromatic rings. The quantitative estimate of drug-likeness (QED) is 0.185. The van der Waals surface area contributed by atoms with Crippen molar-refractivity contribution in [3.63, 3.8) is 0 Å². The first-order valence-electron chi connectivity index (χ1n) is 16.1. The van der Waals surface area contributed by atoms with Crippen molar-refractivity contribution < 1.29 is 9.15 Å². The van der Waals surface area contributed by atoms with Gasteiger partial charge in [-0.1, -0.05) is 91.0 Å². The maximum absolute atomic E-state index is 13.1. The maximum Gasteiger partial charge on any atom is 0.200 e. The number of para-hydroxylation sites is 3. The second-order valence-electron chi connectivity index (χ2n) is 12.4. The second-order valence-corrected chi connectivity index (χ2v) is 12.4. The molecule has 0 fully saturated rings. The number of fused-ring (bicyclic) bond motifs is 8. The van der Waals surface area contributed by atoms with Gasteiger partial charge < -0.3 is 13.6 Å². The molecule has 0 amide bonds. The third kappa shape index (κ3) is 3.80. The highest BCUT2D eigenvalue weighted by molar-refractivity contribution is 6.26. The molecule has 4 heteroatoms. The van der Waals surface area contributed by atoms with E-state index in [1.807, 2.05) is 42.5 Å². The van der Waals surface area contributed by atoms with Crippen LogP contribution in [0, 0.1) is 0 Å². The van der Waals surface area contributed by atoms with Gasteiger partial charge in [0.15, 0.2) is 0 Å². The van der Waals surface area contributed by atoms with Crippen LogP contribution < -0.4 is 10.2 Å². The molecule has 10 rings (SSSR count). The van der Waals surface area contributed by atoms with Crippen molar-refractivity contribution in [2.24, 2.45) is 0 Å². The van der Waals surface area contributed by atoms with Gasteiger partial charge in [-0.25, -0.2) is 0 Å². The fourth-order valence-electron chi connectivity index (χ4n) is 7.60. The molecule has 226 valence electrons. The van der Waals surface area contributed by atoms with Crippen LogP contribution in [-0.4, -0.2) is 11.5 Å². The molecule has 0 bridgehead atoms. The van der Waals surface area contributed by atoms with Gasteiger partial charge in [0.05, 0.1) is 34.4 Å². The first kappa shape index (κ1) is 26.8. The first-order chi connectivity index (χ1) is 23.7. The Labute approximate surface area is 275 Å². The van der Waals surface area contributed by atoms with Gasteiger partial charge in [0, 0.05) is 27.6 Å². The van der Waals surface area contributed by atoms with Crippen molar-refractivity contribution in [2.75, 3.05) is 7.11 Å². The summed E-state index contributed by atoms with van der Waals surface area (Å²) in [6.45, 7) is 0. The lowest BCUT2D eigenvalue weighted by Crippen LogP contribution is -2.01. The third-order valence-electron chi connectivity index (χ3n) is 9.81. The Bertz CT molecular complexity index is 2970. The Morgan fingerprint density at radius 1 is 0.500 bits per heavy atom. The topological polar surface area (TPSA) is 43.8 Å². The van der Waals surface area contributed by atoms with Crippen LogP contribution in [0.4, 0.5) is 0 Å². The summed E-state index contributed by atoms with van der Waals surface area (Å²) >= 11 is 0. The Balaban J connectivity index is 1.13. The molecular weight excluding hydrogens is 590 g/mol. The van der Waals surface area contributed by atoms with E-state index in [0.29, 0.717) is 21.9 Å². The Morgan fingerprint density at radius 3 is 1.94 bits per heavy atom. The van der Waals surface area contributed by atoms with Crippen molar-refractivity contribution in [3.8, 4) is 39.1 Å². The minimum absolute atomic E-state index is 0.00911. The van der Waals surface area contributed by atoms with E-state index in [1.165, 1.54) is 32.6 Å². The van der Waals surface area contributed by atoms with Crippen LogP contribution >= 0.6 is 0 Å². The number of benzene rings is 7. The summed E-state index contributed by atoms with van der Waals surface area (Å²) in [6.07, 6.45) is 0. The zero-order valence-electron chi connectivity index (χ0n) is 26.0. The lowest BCUT2D eigenvalue weighted by atomic mass is 9.94. The number of methoxy groups -OCH3 is 1. The number of rotatable bonds is 4. The van der Waals surface area contributed by atoms with E-state index in [1.54, 1.807) is 7.11 Å². The molecule has 0 atom stereocenters. The molecule has 0 aliphatic carbocycles. The molecule has 4 nitrogen and oxygen atoms in total. The predicted molar refractivity (Wildman–Crippen MR) is 198 cm³/mol. The molecule has 0 radical (unpaired) electrons. The first-order valence-corrected chi connectivity index (χ1v) is 16.1. The van der Waals surface area contributed by atoms with Crippen LogP contribution in [0.25, 0.3) is 93.4 Å². The minimum Gasteiger partial charge on any atom is -0.497 e. The summed E-state index contributed by atoms with van der Waals surface area (Å²) in [5, 5.41) is 6.16. The lowest BCUT2D eigenvalue weighted by molar-refractivity contribution is 0.415. The summed E-state index contributed by atoms with van der Waals surface area (Å²) in [7, 11) is 1.74. The number of aromatic nitrogens is 1. The van der Waals surface area contributed by atoms with Crippen molar-refractivity contribution >= 4 is 60.0 Å². The zero-order chi connectivity index (χ0) is 31.9. The molecular formula is C44H27NO3. The number of ether oxygens (including phenoxy) is 1. The van der Waals surface area contributed by atoms with Gasteiger partial charge in [0.1, 0.15) is 16.9 Å². The fraction of sp³-hybridized carbons (Fsp3) is 0.0227. The summed E-state index contributed by atoms with van der Waals surface area (Å²) in [5.74, 6) is 0.825. The molecule has 3 aromatic heterocycles. The van der Waals surface area contributed by atoms with E-state index in [9.17, 15) is 4.79 Å². The molecule has 48 heavy (non-hydrogen) atoms. The highest BCUT2D eigenvalue weighted by atomic mass is 16.5.